The van der Waals surface area contributed by atoms with Gasteiger partial charge in [-0.15, -0.1) is 0 Å². The molecule has 2 aromatic rings. The van der Waals surface area contributed by atoms with E-state index in [2.05, 4.69) is 17.9 Å². The average molecular weight is 416 g/mol. The van der Waals surface area contributed by atoms with Crippen LogP contribution in [0.25, 0.3) is 0 Å². The smallest absolute Gasteiger partial charge is 0.326 e. The number of benzene rings is 2. The maximum Gasteiger partial charge on any atom is 0.326 e. The maximum atomic E-state index is 12.9. The van der Waals surface area contributed by atoms with Gasteiger partial charge in [0.2, 0.25) is 5.91 Å². The van der Waals surface area contributed by atoms with Gasteiger partial charge in [-0.25, -0.2) is 4.79 Å². The summed E-state index contributed by atoms with van der Waals surface area (Å²) in [6, 6.07) is 15.3. The molecule has 1 amide bonds. The number of aromatic hydroxyl groups is 1. The van der Waals surface area contributed by atoms with E-state index < -0.39 is 17.9 Å². The molecule has 2 rings (SSSR count). The van der Waals surface area contributed by atoms with Crippen LogP contribution in [-0.2, 0) is 22.4 Å². The summed E-state index contributed by atoms with van der Waals surface area (Å²) in [5, 5.41) is 21.5. The largest absolute Gasteiger partial charge is 0.508 e. The number of aryl methyl sites for hydroxylation is 1. The van der Waals surface area contributed by atoms with Crippen LogP contribution in [0.4, 0.5) is 0 Å². The SMILES string of the molecule is CC(C)C(C(=O)N[C@@H](Cc1ccc(O)cc1)C(=O)O)C(S)CCc1ccccc1. The Morgan fingerprint density at radius 1 is 1.00 bits per heavy atom. The van der Waals surface area contributed by atoms with Gasteiger partial charge in [0.05, 0.1) is 5.92 Å². The topological polar surface area (TPSA) is 86.6 Å². The summed E-state index contributed by atoms with van der Waals surface area (Å²) in [4.78, 5) is 24.6. The Labute approximate surface area is 177 Å². The lowest BCUT2D eigenvalue weighted by Crippen LogP contribution is -2.48. The molecule has 0 saturated heterocycles. The minimum Gasteiger partial charge on any atom is -0.508 e. The fourth-order valence-electron chi connectivity index (χ4n) is 3.40. The van der Waals surface area contributed by atoms with Crippen molar-refractivity contribution in [1.82, 2.24) is 5.32 Å². The fraction of sp³-hybridized carbons (Fsp3) is 0.391. The number of hydrogen-bond acceptors (Lipinski definition) is 4. The van der Waals surface area contributed by atoms with Gasteiger partial charge in [0, 0.05) is 11.7 Å². The first-order valence-electron chi connectivity index (χ1n) is 9.81. The standard InChI is InChI=1S/C23H29NO4S/c1-15(2)21(20(29)13-10-16-6-4-3-5-7-16)22(26)24-19(23(27)28)14-17-8-11-18(25)12-9-17/h3-9,11-12,15,19-21,25,29H,10,13-14H2,1-2H3,(H,24,26)(H,27,28)/t19-,20?,21?/m0/s1. The maximum absolute atomic E-state index is 12.9. The predicted molar refractivity (Wildman–Crippen MR) is 117 cm³/mol. The van der Waals surface area contributed by atoms with Gasteiger partial charge in [0.15, 0.2) is 0 Å². The molecule has 2 aromatic carbocycles. The van der Waals surface area contributed by atoms with Gasteiger partial charge in [0.1, 0.15) is 11.8 Å². The molecule has 0 radical (unpaired) electrons. The highest BCUT2D eigenvalue weighted by atomic mass is 32.1. The molecule has 156 valence electrons. The van der Waals surface area contributed by atoms with Crippen molar-refractivity contribution in [3.8, 4) is 5.75 Å². The van der Waals surface area contributed by atoms with Crippen LogP contribution in [0.15, 0.2) is 54.6 Å². The molecule has 3 atom stereocenters. The van der Waals surface area contributed by atoms with E-state index >= 15 is 0 Å². The highest BCUT2D eigenvalue weighted by molar-refractivity contribution is 7.81. The number of phenols is 1. The number of amides is 1. The van der Waals surface area contributed by atoms with E-state index in [4.69, 9.17) is 0 Å². The van der Waals surface area contributed by atoms with Crippen LogP contribution in [0.1, 0.15) is 31.4 Å². The van der Waals surface area contributed by atoms with Gasteiger partial charge < -0.3 is 15.5 Å². The number of carbonyl (C=O) groups is 2. The van der Waals surface area contributed by atoms with Crippen LogP contribution in [0.5, 0.6) is 5.75 Å². The van der Waals surface area contributed by atoms with E-state index in [9.17, 15) is 19.8 Å². The quantitative estimate of drug-likeness (QED) is 0.446. The first-order valence-corrected chi connectivity index (χ1v) is 10.3. The molecule has 0 aliphatic rings. The fourth-order valence-corrected chi connectivity index (χ4v) is 4.01. The number of thiol groups is 1. The zero-order valence-electron chi connectivity index (χ0n) is 16.8. The van der Waals surface area contributed by atoms with Crippen molar-refractivity contribution >= 4 is 24.5 Å². The Bertz CT molecular complexity index is 792. The molecule has 5 nitrogen and oxygen atoms in total. The third kappa shape index (κ3) is 7.13. The van der Waals surface area contributed by atoms with Gasteiger partial charge in [-0.2, -0.15) is 12.6 Å². The predicted octanol–water partition coefficient (Wildman–Crippen LogP) is 3.71. The van der Waals surface area contributed by atoms with Gasteiger partial charge in [-0.1, -0.05) is 56.3 Å². The van der Waals surface area contributed by atoms with Gasteiger partial charge in [-0.3, -0.25) is 4.79 Å². The molecule has 29 heavy (non-hydrogen) atoms. The molecule has 0 spiro atoms. The lowest BCUT2D eigenvalue weighted by atomic mass is 9.88. The summed E-state index contributed by atoms with van der Waals surface area (Å²) in [5.41, 5.74) is 1.91. The number of hydrogen-bond donors (Lipinski definition) is 4. The lowest BCUT2D eigenvalue weighted by molar-refractivity contribution is -0.142. The Balaban J connectivity index is 2.03. The monoisotopic (exact) mass is 415 g/mol. The number of nitrogens with one attached hydrogen (secondary N) is 1. The van der Waals surface area contributed by atoms with E-state index in [1.165, 1.54) is 17.7 Å². The molecule has 0 saturated carbocycles. The van der Waals surface area contributed by atoms with Crippen molar-refractivity contribution in [2.24, 2.45) is 11.8 Å². The number of carbonyl (C=O) groups excluding carboxylic acids is 1. The van der Waals surface area contributed by atoms with Gasteiger partial charge in [0.25, 0.3) is 0 Å². The minimum atomic E-state index is -1.09. The van der Waals surface area contributed by atoms with Crippen molar-refractivity contribution in [1.29, 1.82) is 0 Å². The Morgan fingerprint density at radius 2 is 1.62 bits per heavy atom. The number of phenolic OH excluding ortho intramolecular Hbond substituents is 1. The van der Waals surface area contributed by atoms with E-state index in [0.717, 1.165) is 18.4 Å². The Hall–Kier alpha value is -2.47. The summed E-state index contributed by atoms with van der Waals surface area (Å²) >= 11 is 4.68. The second-order valence-corrected chi connectivity index (χ2v) is 8.29. The third-order valence-electron chi connectivity index (χ3n) is 5.00. The van der Waals surface area contributed by atoms with Crippen LogP contribution in [0.2, 0.25) is 0 Å². The van der Waals surface area contributed by atoms with Gasteiger partial charge >= 0.3 is 5.97 Å². The molecule has 0 aromatic heterocycles. The lowest BCUT2D eigenvalue weighted by Gasteiger charge is -2.27. The minimum absolute atomic E-state index is 0.0244. The van der Waals surface area contributed by atoms with Crippen LogP contribution >= 0.6 is 12.6 Å². The van der Waals surface area contributed by atoms with E-state index in [0.29, 0.717) is 0 Å². The zero-order valence-corrected chi connectivity index (χ0v) is 17.7. The molecule has 0 aliphatic carbocycles. The van der Waals surface area contributed by atoms with Crippen molar-refractivity contribution < 1.29 is 19.8 Å². The first-order chi connectivity index (χ1) is 13.8. The second kappa shape index (κ2) is 10.9. The van der Waals surface area contributed by atoms with Crippen molar-refractivity contribution in [2.45, 2.75) is 44.4 Å². The van der Waals surface area contributed by atoms with Crippen LogP contribution in [0.3, 0.4) is 0 Å². The molecule has 3 N–H and O–H groups in total. The molecule has 6 heteroatoms. The Morgan fingerprint density at radius 3 is 2.17 bits per heavy atom. The average Bonchev–Trinajstić information content (AvgIpc) is 2.68. The Kier molecular flexibility index (Phi) is 8.58. The second-order valence-electron chi connectivity index (χ2n) is 7.63. The highest BCUT2D eigenvalue weighted by Crippen LogP contribution is 2.25. The summed E-state index contributed by atoms with van der Waals surface area (Å²) in [7, 11) is 0. The highest BCUT2D eigenvalue weighted by Gasteiger charge is 2.31. The summed E-state index contributed by atoms with van der Waals surface area (Å²) in [6.07, 6.45) is 1.67. The number of aliphatic carboxylic acids is 1. The molecule has 0 heterocycles. The van der Waals surface area contributed by atoms with Gasteiger partial charge in [-0.05, 0) is 42.0 Å². The molecule has 2 unspecified atom stereocenters. The molecular formula is C23H29NO4S. The molecule has 0 bridgehead atoms. The van der Waals surface area contributed by atoms with Crippen LogP contribution in [-0.4, -0.2) is 33.4 Å². The normalized spacial score (nSPS) is 14.2. The number of carboxylic acid groups (broad SMARTS) is 1. The van der Waals surface area contributed by atoms with E-state index in [1.807, 2.05) is 44.2 Å². The number of carboxylic acids is 1. The molecule has 0 aliphatic heterocycles. The summed E-state index contributed by atoms with van der Waals surface area (Å²) < 4.78 is 0. The van der Waals surface area contributed by atoms with E-state index in [1.54, 1.807) is 12.1 Å². The zero-order chi connectivity index (χ0) is 21.4. The third-order valence-corrected chi connectivity index (χ3v) is 5.58. The summed E-state index contributed by atoms with van der Waals surface area (Å²) in [5.74, 6) is -1.64. The van der Waals surface area contributed by atoms with Crippen molar-refractivity contribution in [3.63, 3.8) is 0 Å². The molecule has 0 fully saturated rings. The van der Waals surface area contributed by atoms with Crippen LogP contribution < -0.4 is 5.32 Å². The van der Waals surface area contributed by atoms with Crippen molar-refractivity contribution in [2.75, 3.05) is 0 Å². The molecular weight excluding hydrogens is 386 g/mol. The first kappa shape index (κ1) is 22.8. The number of rotatable bonds is 10. The summed E-state index contributed by atoms with van der Waals surface area (Å²) in [6.45, 7) is 3.90. The van der Waals surface area contributed by atoms with E-state index in [-0.39, 0.29) is 29.2 Å². The van der Waals surface area contributed by atoms with Crippen LogP contribution in [0, 0.1) is 11.8 Å². The van der Waals surface area contributed by atoms with Crippen molar-refractivity contribution in [3.05, 3.63) is 65.7 Å².